The van der Waals surface area contributed by atoms with Gasteiger partial charge in [0.1, 0.15) is 5.82 Å². The van der Waals surface area contributed by atoms with Gasteiger partial charge in [0.25, 0.3) is 0 Å². The first-order valence-electron chi connectivity index (χ1n) is 6.53. The SMILES string of the molecule is NCC#Cc1cc(NS(=O)(=O)C2CCCC2)ccc1F. The van der Waals surface area contributed by atoms with Gasteiger partial charge in [0.2, 0.25) is 10.0 Å². The molecular formula is C14H17FN2O2S. The highest BCUT2D eigenvalue weighted by molar-refractivity contribution is 7.93. The molecule has 0 radical (unpaired) electrons. The smallest absolute Gasteiger partial charge is 0.235 e. The lowest BCUT2D eigenvalue weighted by molar-refractivity contribution is 0.585. The Morgan fingerprint density at radius 3 is 2.70 bits per heavy atom. The number of sulfonamides is 1. The lowest BCUT2D eigenvalue weighted by Crippen LogP contribution is -2.25. The molecule has 0 aromatic heterocycles. The highest BCUT2D eigenvalue weighted by atomic mass is 32.2. The maximum absolute atomic E-state index is 13.5. The summed E-state index contributed by atoms with van der Waals surface area (Å²) < 4.78 is 40.3. The molecule has 1 saturated carbocycles. The molecule has 0 amide bonds. The van der Waals surface area contributed by atoms with Crippen LogP contribution in [0, 0.1) is 17.7 Å². The van der Waals surface area contributed by atoms with Crippen LogP contribution in [0.3, 0.4) is 0 Å². The zero-order valence-electron chi connectivity index (χ0n) is 11.0. The van der Waals surface area contributed by atoms with Crippen LogP contribution >= 0.6 is 0 Å². The van der Waals surface area contributed by atoms with Crippen LogP contribution in [0.25, 0.3) is 0 Å². The summed E-state index contributed by atoms with van der Waals surface area (Å²) in [6.07, 6.45) is 3.22. The van der Waals surface area contributed by atoms with E-state index < -0.39 is 15.8 Å². The van der Waals surface area contributed by atoms with Gasteiger partial charge in [-0.25, -0.2) is 12.8 Å². The second-order valence-corrected chi connectivity index (χ2v) is 6.71. The predicted octanol–water partition coefficient (Wildman–Crippen LogP) is 1.82. The minimum absolute atomic E-state index is 0.122. The van der Waals surface area contributed by atoms with Crippen molar-refractivity contribution in [3.05, 3.63) is 29.6 Å². The third kappa shape index (κ3) is 3.50. The summed E-state index contributed by atoms with van der Waals surface area (Å²) in [5.74, 6) is 4.64. The van der Waals surface area contributed by atoms with E-state index in [1.807, 2.05) is 0 Å². The first-order chi connectivity index (χ1) is 9.53. The highest BCUT2D eigenvalue weighted by Gasteiger charge is 2.28. The van der Waals surface area contributed by atoms with Crippen molar-refractivity contribution in [1.29, 1.82) is 0 Å². The minimum Gasteiger partial charge on any atom is -0.320 e. The van der Waals surface area contributed by atoms with Crippen LogP contribution in [-0.2, 0) is 10.0 Å². The summed E-state index contributed by atoms with van der Waals surface area (Å²) in [5, 5.41) is -0.355. The molecule has 6 heteroatoms. The van der Waals surface area contributed by atoms with E-state index in [0.29, 0.717) is 18.5 Å². The van der Waals surface area contributed by atoms with Gasteiger partial charge in [0.05, 0.1) is 17.4 Å². The van der Waals surface area contributed by atoms with Gasteiger partial charge in [0, 0.05) is 5.69 Å². The van der Waals surface area contributed by atoms with Gasteiger partial charge >= 0.3 is 0 Å². The number of hydrogen-bond donors (Lipinski definition) is 2. The van der Waals surface area contributed by atoms with E-state index in [0.717, 1.165) is 12.8 Å². The Labute approximate surface area is 118 Å². The fourth-order valence-electron chi connectivity index (χ4n) is 2.28. The van der Waals surface area contributed by atoms with Crippen molar-refractivity contribution in [2.24, 2.45) is 5.73 Å². The molecule has 1 aromatic rings. The fraction of sp³-hybridized carbons (Fsp3) is 0.429. The van der Waals surface area contributed by atoms with Gasteiger partial charge < -0.3 is 5.73 Å². The topological polar surface area (TPSA) is 72.2 Å². The normalized spacial score (nSPS) is 15.7. The minimum atomic E-state index is -3.41. The van der Waals surface area contributed by atoms with Crippen molar-refractivity contribution in [3.63, 3.8) is 0 Å². The van der Waals surface area contributed by atoms with Gasteiger partial charge in [-0.15, -0.1) is 0 Å². The zero-order valence-corrected chi connectivity index (χ0v) is 11.8. The molecule has 4 nitrogen and oxygen atoms in total. The summed E-state index contributed by atoms with van der Waals surface area (Å²) in [7, 11) is -3.41. The monoisotopic (exact) mass is 296 g/mol. The maximum atomic E-state index is 13.5. The quantitative estimate of drug-likeness (QED) is 0.836. The second kappa shape index (κ2) is 6.25. The van der Waals surface area contributed by atoms with Crippen LogP contribution in [0.5, 0.6) is 0 Å². The van der Waals surface area contributed by atoms with Gasteiger partial charge in [-0.3, -0.25) is 4.72 Å². The van der Waals surface area contributed by atoms with Crippen molar-refractivity contribution in [1.82, 2.24) is 0 Å². The molecule has 0 saturated heterocycles. The van der Waals surface area contributed by atoms with E-state index in [2.05, 4.69) is 16.6 Å². The number of anilines is 1. The first kappa shape index (κ1) is 14.8. The molecule has 1 aliphatic carbocycles. The largest absolute Gasteiger partial charge is 0.320 e. The maximum Gasteiger partial charge on any atom is 0.235 e. The van der Waals surface area contributed by atoms with E-state index in [1.54, 1.807) is 0 Å². The van der Waals surface area contributed by atoms with E-state index in [4.69, 9.17) is 5.73 Å². The number of halogens is 1. The van der Waals surface area contributed by atoms with Gasteiger partial charge in [0.15, 0.2) is 0 Å². The molecule has 3 N–H and O–H groups in total. The van der Waals surface area contributed by atoms with Crippen LogP contribution in [0.15, 0.2) is 18.2 Å². The van der Waals surface area contributed by atoms with E-state index in [1.165, 1.54) is 18.2 Å². The van der Waals surface area contributed by atoms with E-state index in [-0.39, 0.29) is 17.4 Å². The van der Waals surface area contributed by atoms with Crippen molar-refractivity contribution in [2.75, 3.05) is 11.3 Å². The van der Waals surface area contributed by atoms with Crippen LogP contribution < -0.4 is 10.5 Å². The lowest BCUT2D eigenvalue weighted by atomic mass is 10.2. The van der Waals surface area contributed by atoms with Crippen LogP contribution in [-0.4, -0.2) is 20.2 Å². The number of hydrogen-bond acceptors (Lipinski definition) is 3. The molecule has 108 valence electrons. The summed E-state index contributed by atoms with van der Waals surface area (Å²) >= 11 is 0. The molecule has 0 atom stereocenters. The van der Waals surface area contributed by atoms with Crippen molar-refractivity contribution in [3.8, 4) is 11.8 Å². The molecule has 0 unspecified atom stereocenters. The van der Waals surface area contributed by atoms with Crippen molar-refractivity contribution in [2.45, 2.75) is 30.9 Å². The summed E-state index contributed by atoms with van der Waals surface area (Å²) in [6, 6.07) is 3.99. The average molecular weight is 296 g/mol. The van der Waals surface area contributed by atoms with Crippen molar-refractivity contribution >= 4 is 15.7 Å². The van der Waals surface area contributed by atoms with Crippen molar-refractivity contribution < 1.29 is 12.8 Å². The Bertz CT molecular complexity index is 641. The van der Waals surface area contributed by atoms with Crippen LogP contribution in [0.2, 0.25) is 0 Å². The number of nitrogens with one attached hydrogen (secondary N) is 1. The molecule has 20 heavy (non-hydrogen) atoms. The summed E-state index contributed by atoms with van der Waals surface area (Å²) in [5.41, 5.74) is 5.72. The molecule has 0 aliphatic heterocycles. The molecule has 2 rings (SSSR count). The fourth-order valence-corrected chi connectivity index (χ4v) is 3.85. The number of benzene rings is 1. The second-order valence-electron chi connectivity index (χ2n) is 4.75. The summed E-state index contributed by atoms with van der Waals surface area (Å²) in [4.78, 5) is 0. The molecule has 0 heterocycles. The molecular weight excluding hydrogens is 279 g/mol. The Hall–Kier alpha value is -1.58. The van der Waals surface area contributed by atoms with Gasteiger partial charge in [-0.2, -0.15) is 0 Å². The number of nitrogens with two attached hydrogens (primary N) is 1. The van der Waals surface area contributed by atoms with E-state index >= 15 is 0 Å². The molecule has 1 aromatic carbocycles. The molecule has 0 bridgehead atoms. The third-order valence-corrected chi connectivity index (χ3v) is 5.16. The highest BCUT2D eigenvalue weighted by Crippen LogP contribution is 2.26. The van der Waals surface area contributed by atoms with Crippen LogP contribution in [0.1, 0.15) is 31.2 Å². The Kier molecular flexibility index (Phi) is 4.63. The lowest BCUT2D eigenvalue weighted by Gasteiger charge is -2.13. The van der Waals surface area contributed by atoms with Gasteiger partial charge in [-0.05, 0) is 31.0 Å². The molecule has 1 fully saturated rings. The van der Waals surface area contributed by atoms with Crippen LogP contribution in [0.4, 0.5) is 10.1 Å². The predicted molar refractivity (Wildman–Crippen MR) is 77.1 cm³/mol. The molecule has 0 spiro atoms. The third-order valence-electron chi connectivity index (χ3n) is 3.29. The Morgan fingerprint density at radius 2 is 2.05 bits per heavy atom. The Morgan fingerprint density at radius 1 is 1.35 bits per heavy atom. The molecule has 1 aliphatic rings. The Balaban J connectivity index is 2.21. The zero-order chi connectivity index (χ0) is 14.6. The van der Waals surface area contributed by atoms with Gasteiger partial charge in [-0.1, -0.05) is 24.7 Å². The first-order valence-corrected chi connectivity index (χ1v) is 8.07. The number of rotatable bonds is 3. The average Bonchev–Trinajstić information content (AvgIpc) is 2.94. The van der Waals surface area contributed by atoms with E-state index in [9.17, 15) is 12.8 Å². The summed E-state index contributed by atoms with van der Waals surface area (Å²) in [6.45, 7) is 0.122. The standard InChI is InChI=1S/C14H17FN2O2S/c15-14-8-7-12(10-11(14)4-3-9-16)17-20(18,19)13-5-1-2-6-13/h7-8,10,13,17H,1-2,5-6,9,16H2.